The maximum absolute atomic E-state index is 8.88. The molecule has 0 bridgehead atoms. The van der Waals surface area contributed by atoms with Crippen molar-refractivity contribution in [2.45, 2.75) is 12.5 Å². The summed E-state index contributed by atoms with van der Waals surface area (Å²) in [6, 6.07) is 7.44. The van der Waals surface area contributed by atoms with E-state index in [9.17, 15) is 0 Å². The minimum atomic E-state index is 0.0359. The summed E-state index contributed by atoms with van der Waals surface area (Å²) in [7, 11) is 0. The highest BCUT2D eigenvalue weighted by atomic mass is 16.6. The van der Waals surface area contributed by atoms with Crippen molar-refractivity contribution in [2.24, 2.45) is 5.10 Å². The van der Waals surface area contributed by atoms with Gasteiger partial charge in [0.2, 0.25) is 0 Å². The van der Waals surface area contributed by atoms with E-state index in [4.69, 9.17) is 14.6 Å². The molecule has 0 amide bonds. The van der Waals surface area contributed by atoms with Crippen LogP contribution >= 0.6 is 0 Å². The zero-order valence-electron chi connectivity index (χ0n) is 15.1. The molecule has 1 aromatic carbocycles. The third-order valence-electron chi connectivity index (χ3n) is 4.17. The standard InChI is InChI=1S/C19H20N6O3/c1-12(5-7-26)9-21-24-17-4-6-20-19(22-17)18-15-8-13(28-14-10-27-11-14)2-3-16(15)23-25-18/h2-4,6,8-9,14,26H,1,5,7,10-11H2,(H,23,25)(H,20,22,24)/b21-9-. The van der Waals surface area contributed by atoms with E-state index in [-0.39, 0.29) is 12.7 Å². The van der Waals surface area contributed by atoms with E-state index in [2.05, 4.69) is 37.3 Å². The fourth-order valence-electron chi connectivity index (χ4n) is 2.64. The molecule has 28 heavy (non-hydrogen) atoms. The van der Waals surface area contributed by atoms with Crippen LogP contribution in [0.2, 0.25) is 0 Å². The average molecular weight is 380 g/mol. The molecule has 0 radical (unpaired) electrons. The summed E-state index contributed by atoms with van der Waals surface area (Å²) in [5.74, 6) is 1.74. The van der Waals surface area contributed by atoms with Gasteiger partial charge in [-0.1, -0.05) is 6.58 Å². The second-order valence-electron chi connectivity index (χ2n) is 6.32. The fourth-order valence-corrected chi connectivity index (χ4v) is 2.64. The van der Waals surface area contributed by atoms with Crippen LogP contribution in [0.25, 0.3) is 22.4 Å². The summed E-state index contributed by atoms with van der Waals surface area (Å²) in [5, 5.41) is 21.2. The smallest absolute Gasteiger partial charge is 0.182 e. The maximum atomic E-state index is 8.88. The Bertz CT molecular complexity index is 1010. The molecule has 0 aliphatic carbocycles. The molecule has 1 saturated heterocycles. The van der Waals surface area contributed by atoms with Gasteiger partial charge in [-0.05, 0) is 30.2 Å². The molecule has 9 nitrogen and oxygen atoms in total. The van der Waals surface area contributed by atoms with Gasteiger partial charge in [0.25, 0.3) is 0 Å². The van der Waals surface area contributed by atoms with Gasteiger partial charge in [0.1, 0.15) is 23.4 Å². The number of ether oxygens (including phenoxy) is 2. The minimum absolute atomic E-state index is 0.0359. The summed E-state index contributed by atoms with van der Waals surface area (Å²) in [4.78, 5) is 8.79. The summed E-state index contributed by atoms with van der Waals surface area (Å²) in [5.41, 5.74) is 5.05. The van der Waals surface area contributed by atoms with E-state index < -0.39 is 0 Å². The van der Waals surface area contributed by atoms with Crippen LogP contribution in [0.15, 0.2) is 47.7 Å². The van der Waals surface area contributed by atoms with Gasteiger partial charge >= 0.3 is 0 Å². The summed E-state index contributed by atoms with van der Waals surface area (Å²) >= 11 is 0. The van der Waals surface area contributed by atoms with Crippen LogP contribution in [0.3, 0.4) is 0 Å². The summed E-state index contributed by atoms with van der Waals surface area (Å²) < 4.78 is 11.0. The number of aromatic amines is 1. The van der Waals surface area contributed by atoms with E-state index in [1.807, 2.05) is 18.2 Å². The zero-order valence-corrected chi connectivity index (χ0v) is 15.1. The van der Waals surface area contributed by atoms with Gasteiger partial charge in [0.15, 0.2) is 5.82 Å². The first kappa shape index (κ1) is 18.1. The van der Waals surface area contributed by atoms with E-state index in [1.165, 1.54) is 0 Å². The highest BCUT2D eigenvalue weighted by Gasteiger charge is 2.20. The Morgan fingerprint density at radius 3 is 3.11 bits per heavy atom. The number of nitrogens with one attached hydrogen (secondary N) is 2. The molecule has 0 unspecified atom stereocenters. The Morgan fingerprint density at radius 1 is 1.43 bits per heavy atom. The molecule has 144 valence electrons. The second-order valence-corrected chi connectivity index (χ2v) is 6.32. The Hall–Kier alpha value is -3.30. The summed E-state index contributed by atoms with van der Waals surface area (Å²) in [6.45, 7) is 5.05. The van der Waals surface area contributed by atoms with Gasteiger partial charge in [-0.2, -0.15) is 10.2 Å². The number of aliphatic hydroxyl groups excluding tert-OH is 1. The molecule has 3 N–H and O–H groups in total. The van der Waals surface area contributed by atoms with Crippen molar-refractivity contribution in [3.05, 3.63) is 42.6 Å². The van der Waals surface area contributed by atoms with Gasteiger partial charge in [0.05, 0.1) is 18.7 Å². The lowest BCUT2D eigenvalue weighted by molar-refractivity contribution is -0.0796. The number of aromatic nitrogens is 4. The van der Waals surface area contributed by atoms with Crippen LogP contribution in [0.4, 0.5) is 5.82 Å². The topological polar surface area (TPSA) is 118 Å². The predicted molar refractivity (Wildman–Crippen MR) is 105 cm³/mol. The number of anilines is 1. The van der Waals surface area contributed by atoms with Crippen molar-refractivity contribution in [3.63, 3.8) is 0 Å². The number of benzene rings is 1. The largest absolute Gasteiger partial charge is 0.486 e. The van der Waals surface area contributed by atoms with Gasteiger partial charge in [0, 0.05) is 30.5 Å². The molecule has 2 aromatic heterocycles. The van der Waals surface area contributed by atoms with E-state index in [0.29, 0.717) is 42.5 Å². The predicted octanol–water partition coefficient (Wildman–Crippen LogP) is 2.13. The van der Waals surface area contributed by atoms with Gasteiger partial charge in [-0.25, -0.2) is 9.97 Å². The molecule has 1 fully saturated rings. The van der Waals surface area contributed by atoms with Crippen molar-refractivity contribution >= 4 is 22.9 Å². The van der Waals surface area contributed by atoms with Crippen LogP contribution in [0.1, 0.15) is 6.42 Å². The number of hydrazone groups is 1. The minimum Gasteiger partial charge on any atom is -0.486 e. The van der Waals surface area contributed by atoms with Crippen molar-refractivity contribution in [1.82, 2.24) is 20.2 Å². The van der Waals surface area contributed by atoms with Gasteiger partial charge in [-0.15, -0.1) is 0 Å². The molecular formula is C19H20N6O3. The second kappa shape index (κ2) is 8.15. The van der Waals surface area contributed by atoms with Crippen LogP contribution in [0.5, 0.6) is 5.75 Å². The third kappa shape index (κ3) is 4.00. The Kier molecular flexibility index (Phi) is 5.27. The number of hydrogen-bond donors (Lipinski definition) is 3. The lowest BCUT2D eigenvalue weighted by atomic mass is 10.2. The fraction of sp³-hybridized carbons (Fsp3) is 0.263. The normalized spacial score (nSPS) is 14.3. The quantitative estimate of drug-likeness (QED) is 0.405. The summed E-state index contributed by atoms with van der Waals surface area (Å²) in [6.07, 6.45) is 3.75. The van der Waals surface area contributed by atoms with E-state index in [0.717, 1.165) is 16.7 Å². The van der Waals surface area contributed by atoms with Crippen molar-refractivity contribution in [3.8, 4) is 17.3 Å². The lowest BCUT2D eigenvalue weighted by Gasteiger charge is -2.26. The molecule has 0 saturated carbocycles. The van der Waals surface area contributed by atoms with Crippen LogP contribution < -0.4 is 10.2 Å². The van der Waals surface area contributed by atoms with Gasteiger partial charge < -0.3 is 14.6 Å². The number of nitrogens with zero attached hydrogens (tertiary/aromatic N) is 4. The number of H-pyrrole nitrogens is 1. The average Bonchev–Trinajstić information content (AvgIpc) is 3.08. The monoisotopic (exact) mass is 380 g/mol. The highest BCUT2D eigenvalue weighted by molar-refractivity contribution is 5.92. The molecule has 1 aliphatic heterocycles. The van der Waals surface area contributed by atoms with Crippen LogP contribution in [0, 0.1) is 0 Å². The number of hydrogen-bond acceptors (Lipinski definition) is 8. The van der Waals surface area contributed by atoms with Crippen molar-refractivity contribution in [2.75, 3.05) is 25.2 Å². The first-order valence-corrected chi connectivity index (χ1v) is 8.86. The number of fused-ring (bicyclic) bond motifs is 1. The zero-order chi connectivity index (χ0) is 19.3. The van der Waals surface area contributed by atoms with E-state index in [1.54, 1.807) is 18.5 Å². The molecule has 4 rings (SSSR count). The van der Waals surface area contributed by atoms with Crippen LogP contribution in [-0.4, -0.2) is 57.4 Å². The Labute approximate surface area is 161 Å². The highest BCUT2D eigenvalue weighted by Crippen LogP contribution is 2.28. The molecule has 3 aromatic rings. The van der Waals surface area contributed by atoms with Gasteiger partial charge in [-0.3, -0.25) is 10.5 Å². The third-order valence-corrected chi connectivity index (χ3v) is 4.17. The van der Waals surface area contributed by atoms with Crippen LogP contribution in [-0.2, 0) is 4.74 Å². The molecule has 3 heterocycles. The first-order valence-electron chi connectivity index (χ1n) is 8.86. The lowest BCUT2D eigenvalue weighted by Crippen LogP contribution is -2.38. The molecule has 1 aliphatic rings. The number of rotatable bonds is 8. The maximum Gasteiger partial charge on any atom is 0.182 e. The molecular weight excluding hydrogens is 360 g/mol. The van der Waals surface area contributed by atoms with Crippen molar-refractivity contribution in [1.29, 1.82) is 0 Å². The SMILES string of the molecule is C=C(/C=N\Nc1ccnc(-c2n[nH]c3ccc(OC4COC4)cc23)n1)CCO. The first-order chi connectivity index (χ1) is 13.7. The number of aliphatic hydroxyl groups is 1. The molecule has 0 spiro atoms. The van der Waals surface area contributed by atoms with Crippen molar-refractivity contribution < 1.29 is 14.6 Å². The Morgan fingerprint density at radius 2 is 2.32 bits per heavy atom. The van der Waals surface area contributed by atoms with E-state index >= 15 is 0 Å². The Balaban J connectivity index is 1.55. The molecule has 9 heteroatoms. The molecule has 0 atom stereocenters.